The number of rotatable bonds is 13. The summed E-state index contributed by atoms with van der Waals surface area (Å²) in [6.07, 6.45) is 0.404. The summed E-state index contributed by atoms with van der Waals surface area (Å²) in [7, 11) is -2.97. The molecular formula is C39H41Br4N7O10S2. The molecule has 2 aliphatic rings. The molecule has 332 valence electrons. The van der Waals surface area contributed by atoms with Gasteiger partial charge in [-0.05, 0) is 98.9 Å². The van der Waals surface area contributed by atoms with Crippen molar-refractivity contribution < 1.29 is 45.4 Å². The lowest BCUT2D eigenvalue weighted by Gasteiger charge is -2.23. The Labute approximate surface area is 393 Å². The number of halogens is 4. The number of benzene rings is 4. The van der Waals surface area contributed by atoms with Gasteiger partial charge in [-0.2, -0.15) is 5.26 Å². The lowest BCUT2D eigenvalue weighted by atomic mass is 10.2. The molecular weight excluding hydrogens is 1110 g/mol. The number of methoxy groups -OCH3 is 2. The minimum atomic E-state index is -3.88. The third-order valence-electron chi connectivity index (χ3n) is 9.29. The molecule has 0 aliphatic carbocycles. The number of sulfonamides is 2. The predicted molar refractivity (Wildman–Crippen MR) is 245 cm³/mol. The van der Waals surface area contributed by atoms with Crippen LogP contribution in [0.3, 0.4) is 0 Å². The van der Waals surface area contributed by atoms with Crippen LogP contribution in [-0.4, -0.2) is 99.2 Å². The van der Waals surface area contributed by atoms with Crippen molar-refractivity contribution in [2.45, 2.75) is 47.0 Å². The summed E-state index contributed by atoms with van der Waals surface area (Å²) in [6.45, 7) is 0.632. The molecule has 0 aromatic heterocycles. The fourth-order valence-electron chi connectivity index (χ4n) is 6.22. The molecule has 0 bridgehead atoms. The Hall–Kier alpha value is -3.99. The number of carbonyl (C=O) groups is 2. The van der Waals surface area contributed by atoms with Gasteiger partial charge in [-0.3, -0.25) is 15.1 Å². The Balaban J connectivity index is 0.000000235. The molecule has 2 heterocycles. The Bertz CT molecular complexity index is 2520. The van der Waals surface area contributed by atoms with Gasteiger partial charge < -0.3 is 24.3 Å². The van der Waals surface area contributed by atoms with Gasteiger partial charge >= 0.3 is 12.2 Å². The van der Waals surface area contributed by atoms with E-state index >= 15 is 0 Å². The average molecular weight is 1150 g/mol. The van der Waals surface area contributed by atoms with Crippen LogP contribution in [0.5, 0.6) is 11.5 Å². The highest BCUT2D eigenvalue weighted by Crippen LogP contribution is 2.29. The first-order chi connectivity index (χ1) is 29.4. The normalized spacial score (nSPS) is 18.5. The highest BCUT2D eigenvalue weighted by molar-refractivity contribution is 9.11. The van der Waals surface area contributed by atoms with Crippen LogP contribution in [0.2, 0.25) is 0 Å². The van der Waals surface area contributed by atoms with E-state index in [0.29, 0.717) is 53.7 Å². The van der Waals surface area contributed by atoms with Crippen LogP contribution in [0.4, 0.5) is 21.0 Å². The van der Waals surface area contributed by atoms with Crippen LogP contribution in [0.25, 0.3) is 0 Å². The number of likely N-dealkylation sites (tertiary alicyclic amines) is 1. The van der Waals surface area contributed by atoms with Crippen molar-refractivity contribution in [3.63, 3.8) is 0 Å². The fourth-order valence-corrected chi connectivity index (χ4v) is 11.7. The van der Waals surface area contributed by atoms with E-state index in [1.165, 1.54) is 36.1 Å². The molecule has 4 atom stereocenters. The number of hydrogen-bond donors (Lipinski definition) is 4. The van der Waals surface area contributed by atoms with Gasteiger partial charge in [-0.25, -0.2) is 35.9 Å². The summed E-state index contributed by atoms with van der Waals surface area (Å²) in [5, 5.41) is 15.3. The molecule has 4 N–H and O–H groups in total. The van der Waals surface area contributed by atoms with Crippen molar-refractivity contribution in [2.24, 2.45) is 0 Å². The van der Waals surface area contributed by atoms with Gasteiger partial charge in [0.05, 0.1) is 29.7 Å². The van der Waals surface area contributed by atoms with Crippen molar-refractivity contribution in [1.29, 1.82) is 5.26 Å². The van der Waals surface area contributed by atoms with E-state index in [0.717, 1.165) is 0 Å². The first kappa shape index (κ1) is 49.0. The highest BCUT2D eigenvalue weighted by Gasteiger charge is 2.38. The minimum Gasteiger partial charge on any atom is -0.497 e. The minimum absolute atomic E-state index is 0.0635. The number of nitrogens with one attached hydrogen (secondary N) is 4. The first-order valence-corrected chi connectivity index (χ1v) is 24.6. The summed E-state index contributed by atoms with van der Waals surface area (Å²) in [4.78, 5) is 27.4. The number of carbonyl (C=O) groups excluding carboxylic acids is 2. The monoisotopic (exact) mass is 1150 g/mol. The van der Waals surface area contributed by atoms with Crippen LogP contribution < -0.4 is 34.5 Å². The van der Waals surface area contributed by atoms with Gasteiger partial charge in [0.15, 0.2) is 12.4 Å². The maximum absolute atomic E-state index is 12.8. The molecule has 0 radical (unpaired) electrons. The maximum atomic E-state index is 12.8. The molecule has 23 heteroatoms. The fraction of sp³-hybridized carbons (Fsp3) is 0.308. The van der Waals surface area contributed by atoms with Crippen LogP contribution in [0, 0.1) is 11.5 Å². The highest BCUT2D eigenvalue weighted by atomic mass is 79.9. The van der Waals surface area contributed by atoms with Crippen LogP contribution in [0.15, 0.2) is 113 Å². The van der Waals surface area contributed by atoms with Crippen molar-refractivity contribution >= 4 is 107 Å². The molecule has 0 spiro atoms. The Morgan fingerprint density at radius 2 is 1.40 bits per heavy atom. The molecule has 4 aromatic rings. The van der Waals surface area contributed by atoms with Crippen molar-refractivity contribution in [1.82, 2.24) is 19.7 Å². The summed E-state index contributed by atoms with van der Waals surface area (Å²) < 4.78 is 79.6. The van der Waals surface area contributed by atoms with Crippen LogP contribution in [0.1, 0.15) is 12.8 Å². The zero-order chi connectivity index (χ0) is 45.2. The van der Waals surface area contributed by atoms with Crippen molar-refractivity contribution in [3.8, 4) is 17.7 Å². The predicted octanol–water partition coefficient (Wildman–Crippen LogP) is 7.13. The molecule has 17 nitrogen and oxygen atoms in total. The lowest BCUT2D eigenvalue weighted by Crippen LogP contribution is -2.36. The SMILES string of the molecule is COc1cccc(N(C)C(=O)O[C@@H]2C[C@@H](NS(=O)(=O)c3cc(Br)ccc3Br)CN2C#N)c1.COc1cccc(NC(=O)OC[C@H]2C[C@@H](NS(=O)(=O)c3cc(Br)ccc3Br)CN2)c1. The summed E-state index contributed by atoms with van der Waals surface area (Å²) in [5.74, 6) is 1.20. The van der Waals surface area contributed by atoms with E-state index in [4.69, 9.17) is 18.9 Å². The van der Waals surface area contributed by atoms with Crippen LogP contribution >= 0.6 is 63.7 Å². The van der Waals surface area contributed by atoms with E-state index < -0.39 is 44.5 Å². The average Bonchev–Trinajstić information content (AvgIpc) is 3.86. The van der Waals surface area contributed by atoms with E-state index in [-0.39, 0.29) is 41.4 Å². The topological polar surface area (TPSA) is 218 Å². The molecule has 2 amide bonds. The number of nitriles is 1. The smallest absolute Gasteiger partial charge is 0.415 e. The number of amides is 2. The zero-order valence-electron chi connectivity index (χ0n) is 33.2. The maximum Gasteiger partial charge on any atom is 0.415 e. The summed E-state index contributed by atoms with van der Waals surface area (Å²) in [5.41, 5.74) is 1.11. The second kappa shape index (κ2) is 22.1. The quantitative estimate of drug-likeness (QED) is 0.0982. The largest absolute Gasteiger partial charge is 0.497 e. The van der Waals surface area contributed by atoms with Gasteiger partial charge in [0, 0.05) is 80.4 Å². The summed E-state index contributed by atoms with van der Waals surface area (Å²) >= 11 is 13.1. The Kier molecular flexibility index (Phi) is 17.5. The third kappa shape index (κ3) is 13.5. The molecule has 0 unspecified atom stereocenters. The van der Waals surface area contributed by atoms with E-state index in [1.54, 1.807) is 79.9 Å². The Morgan fingerprint density at radius 3 is 2.00 bits per heavy atom. The molecule has 4 aromatic carbocycles. The second-order valence-electron chi connectivity index (χ2n) is 13.7. The third-order valence-corrected chi connectivity index (χ3v) is 15.3. The zero-order valence-corrected chi connectivity index (χ0v) is 41.2. The number of nitrogens with zero attached hydrogens (tertiary/aromatic N) is 3. The molecule has 6 rings (SSSR count). The number of hydrogen-bond acceptors (Lipinski definition) is 13. The van der Waals surface area contributed by atoms with Crippen molar-refractivity contribution in [2.75, 3.05) is 51.2 Å². The van der Waals surface area contributed by atoms with E-state index in [9.17, 15) is 31.7 Å². The molecule has 2 fully saturated rings. The molecule has 2 aliphatic heterocycles. The second-order valence-corrected chi connectivity index (χ2v) is 20.6. The number of anilines is 2. The molecule has 2 saturated heterocycles. The van der Waals surface area contributed by atoms with E-state index in [2.05, 4.69) is 83.8 Å². The molecule has 62 heavy (non-hydrogen) atoms. The van der Waals surface area contributed by atoms with Crippen molar-refractivity contribution in [3.05, 3.63) is 103 Å². The van der Waals surface area contributed by atoms with E-state index in [1.807, 2.05) is 6.19 Å². The first-order valence-electron chi connectivity index (χ1n) is 18.4. The van der Waals surface area contributed by atoms with Crippen LogP contribution in [-0.2, 0) is 29.5 Å². The lowest BCUT2D eigenvalue weighted by molar-refractivity contribution is 0.0458. The van der Waals surface area contributed by atoms with Gasteiger partial charge in [0.1, 0.15) is 18.1 Å². The van der Waals surface area contributed by atoms with Gasteiger partial charge in [-0.1, -0.05) is 44.0 Å². The summed E-state index contributed by atoms with van der Waals surface area (Å²) in [6, 6.07) is 22.5. The number of ether oxygens (including phenoxy) is 4. The standard InChI is InChI=1S/C20H20Br2N4O5S.C19H21Br2N3O5S/c1-25(15-4-3-5-16(10-15)30-2)20(27)31-19-9-14(11-26(19)12-23)24-32(28,29)18-8-13(21)6-7-17(18)22;1-28-16-4-2-3-13(9-16)23-19(25)29-11-15-8-14(10-22-15)24-30(26,27)18-7-12(20)5-6-17(18)21/h3-8,10,14,19,24H,9,11H2,1-2H3;2-7,9,14-15,22,24H,8,10-11H2,1H3,(H,23,25)/t14-,19-;14-,15-/m11/s1. The van der Waals surface area contributed by atoms with Gasteiger partial charge in [0.2, 0.25) is 20.0 Å². The Morgan fingerprint density at radius 1 is 0.823 bits per heavy atom. The molecule has 0 saturated carbocycles. The van der Waals surface area contributed by atoms with Gasteiger partial charge in [0.25, 0.3) is 0 Å². The van der Waals surface area contributed by atoms with Gasteiger partial charge in [-0.15, -0.1) is 0 Å².